The summed E-state index contributed by atoms with van der Waals surface area (Å²) in [4.78, 5) is 0. The summed E-state index contributed by atoms with van der Waals surface area (Å²) >= 11 is 0. The van der Waals surface area contributed by atoms with Crippen molar-refractivity contribution in [2.24, 2.45) is 0 Å². The van der Waals surface area contributed by atoms with Crippen molar-refractivity contribution in [3.05, 3.63) is 35.6 Å². The first kappa shape index (κ1) is 16.7. The Morgan fingerprint density at radius 3 is 2.52 bits per heavy atom. The van der Waals surface area contributed by atoms with Gasteiger partial charge in [0, 0.05) is 24.8 Å². The number of ether oxygens (including phenoxy) is 2. The van der Waals surface area contributed by atoms with Gasteiger partial charge in [-0.3, -0.25) is 0 Å². The van der Waals surface area contributed by atoms with Gasteiger partial charge in [0.2, 0.25) is 0 Å². The van der Waals surface area contributed by atoms with Crippen LogP contribution in [0.15, 0.2) is 24.3 Å². The maximum Gasteiger partial charge on any atom is 0.128 e. The first-order valence-electron chi connectivity index (χ1n) is 7.33. The Kier molecular flexibility index (Phi) is 5.60. The van der Waals surface area contributed by atoms with Crippen LogP contribution in [0.25, 0.3) is 0 Å². The van der Waals surface area contributed by atoms with Crippen LogP contribution in [0, 0.1) is 5.82 Å². The monoisotopic (exact) mass is 315 g/mol. The molecule has 2 aliphatic heterocycles. The van der Waals surface area contributed by atoms with Crippen LogP contribution >= 0.6 is 12.4 Å². The minimum Gasteiger partial charge on any atom is -0.382 e. The van der Waals surface area contributed by atoms with E-state index in [9.17, 15) is 4.39 Å². The molecule has 1 aromatic carbocycles. The summed E-state index contributed by atoms with van der Waals surface area (Å²) in [5.74, 6) is -0.197. The number of fused-ring (bicyclic) bond motifs is 2. The number of halogens is 2. The molecule has 1 N–H and O–H groups in total. The molecular formula is C16H23ClFNO2. The largest absolute Gasteiger partial charge is 0.382 e. The van der Waals surface area contributed by atoms with Crippen molar-refractivity contribution in [1.82, 2.24) is 5.32 Å². The summed E-state index contributed by atoms with van der Waals surface area (Å²) in [5, 5.41) is 3.60. The number of hydrogen-bond acceptors (Lipinski definition) is 3. The predicted molar refractivity (Wildman–Crippen MR) is 82.2 cm³/mol. The molecule has 2 aliphatic rings. The normalized spacial score (nSPS) is 31.0. The molecule has 0 aromatic heterocycles. The molecule has 3 rings (SSSR count). The number of nitrogens with one attached hydrogen (secondary N) is 1. The number of piperidine rings is 1. The summed E-state index contributed by atoms with van der Waals surface area (Å²) in [7, 11) is 1.71. The minimum atomic E-state index is -0.270. The fourth-order valence-electron chi connectivity index (χ4n) is 3.59. The molecule has 1 aromatic rings. The second kappa shape index (κ2) is 7.05. The standard InChI is InChI=1S/C16H22FNO2.ClH/c1-19-11-16(8-13-6-7-14(9-16)18-13)20-10-12-4-2-3-5-15(12)17;/h2-5,13-14,18H,6-11H2,1H3;1H/t13-,14+,16+;. The number of benzene rings is 1. The van der Waals surface area contributed by atoms with Crippen molar-refractivity contribution in [2.45, 2.75) is 50.0 Å². The van der Waals surface area contributed by atoms with Crippen molar-refractivity contribution in [3.63, 3.8) is 0 Å². The van der Waals surface area contributed by atoms with Gasteiger partial charge in [0.1, 0.15) is 5.82 Å². The van der Waals surface area contributed by atoms with E-state index in [0.29, 0.717) is 30.9 Å². The van der Waals surface area contributed by atoms with E-state index < -0.39 is 0 Å². The van der Waals surface area contributed by atoms with E-state index in [4.69, 9.17) is 9.47 Å². The van der Waals surface area contributed by atoms with Gasteiger partial charge >= 0.3 is 0 Å². The van der Waals surface area contributed by atoms with Gasteiger partial charge in [-0.15, -0.1) is 12.4 Å². The van der Waals surface area contributed by atoms with Crippen LogP contribution in [0.2, 0.25) is 0 Å². The van der Waals surface area contributed by atoms with Gasteiger partial charge in [-0.25, -0.2) is 4.39 Å². The highest BCUT2D eigenvalue weighted by Gasteiger charge is 2.44. The lowest BCUT2D eigenvalue weighted by Crippen LogP contribution is -2.52. The Bertz CT molecular complexity index is 459. The summed E-state index contributed by atoms with van der Waals surface area (Å²) in [6.07, 6.45) is 4.32. The fraction of sp³-hybridized carbons (Fsp3) is 0.625. The first-order valence-corrected chi connectivity index (χ1v) is 7.33. The Balaban J connectivity index is 0.00000161. The van der Waals surface area contributed by atoms with Crippen molar-refractivity contribution in [2.75, 3.05) is 13.7 Å². The second-order valence-electron chi connectivity index (χ2n) is 6.04. The number of hydrogen-bond donors (Lipinski definition) is 1. The van der Waals surface area contributed by atoms with E-state index in [2.05, 4.69) is 5.32 Å². The van der Waals surface area contributed by atoms with Gasteiger partial charge in [0.15, 0.2) is 0 Å². The summed E-state index contributed by atoms with van der Waals surface area (Å²) < 4.78 is 25.2. The van der Waals surface area contributed by atoms with Crippen LogP contribution in [0.5, 0.6) is 0 Å². The lowest BCUT2D eigenvalue weighted by atomic mass is 9.88. The molecule has 2 saturated heterocycles. The van der Waals surface area contributed by atoms with Crippen molar-refractivity contribution < 1.29 is 13.9 Å². The molecular weight excluding hydrogens is 293 g/mol. The highest BCUT2D eigenvalue weighted by atomic mass is 35.5. The highest BCUT2D eigenvalue weighted by Crippen LogP contribution is 2.37. The quantitative estimate of drug-likeness (QED) is 0.906. The lowest BCUT2D eigenvalue weighted by molar-refractivity contribution is -0.123. The predicted octanol–water partition coefficient (Wildman–Crippen LogP) is 3.06. The molecule has 3 nitrogen and oxygen atoms in total. The molecule has 0 aliphatic carbocycles. The van der Waals surface area contributed by atoms with Crippen LogP contribution in [0.3, 0.4) is 0 Å². The third-order valence-corrected chi connectivity index (χ3v) is 4.47. The molecule has 0 radical (unpaired) electrons. The van der Waals surface area contributed by atoms with Crippen molar-refractivity contribution in [1.29, 1.82) is 0 Å². The van der Waals surface area contributed by atoms with E-state index >= 15 is 0 Å². The zero-order chi connectivity index (χ0) is 14.0. The SMILES string of the molecule is COC[C@]1(OCc2ccccc2F)C[C@H]2CC[C@@H](C1)N2.Cl. The topological polar surface area (TPSA) is 30.5 Å². The maximum absolute atomic E-state index is 13.7. The summed E-state index contributed by atoms with van der Waals surface area (Å²) in [5.41, 5.74) is 0.350. The van der Waals surface area contributed by atoms with E-state index in [1.54, 1.807) is 19.2 Å². The van der Waals surface area contributed by atoms with Crippen molar-refractivity contribution >= 4 is 12.4 Å². The smallest absolute Gasteiger partial charge is 0.128 e. The van der Waals surface area contributed by atoms with Gasteiger partial charge in [-0.05, 0) is 31.7 Å². The van der Waals surface area contributed by atoms with Crippen LogP contribution in [0.4, 0.5) is 4.39 Å². The average molecular weight is 316 g/mol. The minimum absolute atomic E-state index is 0. The third kappa shape index (κ3) is 3.75. The Morgan fingerprint density at radius 1 is 1.24 bits per heavy atom. The van der Waals surface area contributed by atoms with Crippen LogP contribution in [0.1, 0.15) is 31.2 Å². The third-order valence-electron chi connectivity index (χ3n) is 4.47. The van der Waals surface area contributed by atoms with E-state index in [1.165, 1.54) is 18.9 Å². The molecule has 3 atom stereocenters. The summed E-state index contributed by atoms with van der Waals surface area (Å²) in [6.45, 7) is 0.894. The zero-order valence-electron chi connectivity index (χ0n) is 12.3. The second-order valence-corrected chi connectivity index (χ2v) is 6.04. The first-order chi connectivity index (χ1) is 9.71. The highest BCUT2D eigenvalue weighted by molar-refractivity contribution is 5.85. The van der Waals surface area contributed by atoms with Crippen LogP contribution < -0.4 is 5.32 Å². The van der Waals surface area contributed by atoms with Crippen LogP contribution in [-0.4, -0.2) is 31.4 Å². The van der Waals surface area contributed by atoms with Gasteiger partial charge in [-0.1, -0.05) is 18.2 Å². The Morgan fingerprint density at radius 2 is 1.90 bits per heavy atom. The number of methoxy groups -OCH3 is 1. The van der Waals surface area contributed by atoms with Gasteiger partial charge in [0.05, 0.1) is 18.8 Å². The molecule has 0 amide bonds. The molecule has 0 saturated carbocycles. The molecule has 5 heteroatoms. The van der Waals surface area contributed by atoms with Crippen molar-refractivity contribution in [3.8, 4) is 0 Å². The van der Waals surface area contributed by atoms with E-state index in [1.807, 2.05) is 6.07 Å². The van der Waals surface area contributed by atoms with Gasteiger partial charge in [-0.2, -0.15) is 0 Å². The maximum atomic E-state index is 13.7. The fourth-order valence-corrected chi connectivity index (χ4v) is 3.59. The molecule has 0 spiro atoms. The Labute approximate surface area is 131 Å². The zero-order valence-corrected chi connectivity index (χ0v) is 13.1. The molecule has 21 heavy (non-hydrogen) atoms. The van der Waals surface area contributed by atoms with Gasteiger partial charge in [0.25, 0.3) is 0 Å². The summed E-state index contributed by atoms with van der Waals surface area (Å²) in [6, 6.07) is 7.85. The van der Waals surface area contributed by atoms with E-state index in [0.717, 1.165) is 12.8 Å². The Hall–Kier alpha value is -0.680. The van der Waals surface area contributed by atoms with E-state index in [-0.39, 0.29) is 23.8 Å². The molecule has 118 valence electrons. The molecule has 0 unspecified atom stereocenters. The molecule has 2 fully saturated rings. The average Bonchev–Trinajstić information content (AvgIpc) is 2.78. The number of rotatable bonds is 5. The molecule has 2 heterocycles. The lowest BCUT2D eigenvalue weighted by Gasteiger charge is -2.40. The molecule has 2 bridgehead atoms. The van der Waals surface area contributed by atoms with Gasteiger partial charge < -0.3 is 14.8 Å². The van der Waals surface area contributed by atoms with Crippen LogP contribution in [-0.2, 0) is 16.1 Å².